The van der Waals surface area contributed by atoms with Crippen LogP contribution in [0, 0.1) is 34.5 Å². The van der Waals surface area contributed by atoms with Crippen molar-refractivity contribution in [1.29, 1.82) is 0 Å². The Kier molecular flexibility index (Phi) is 3.30. The molecule has 0 heterocycles. The largest absolute Gasteiger partial charge is 0.393 e. The lowest BCUT2D eigenvalue weighted by molar-refractivity contribution is -0.165. The van der Waals surface area contributed by atoms with Gasteiger partial charge < -0.3 is 10.2 Å². The zero-order chi connectivity index (χ0) is 15.7. The van der Waals surface area contributed by atoms with Crippen LogP contribution < -0.4 is 0 Å². The Labute approximate surface area is 133 Å². The molecule has 0 aromatic heterocycles. The van der Waals surface area contributed by atoms with Gasteiger partial charge in [-0.2, -0.15) is 0 Å². The fraction of sp³-hybridized carbons (Fsp3) is 0.947. The molecular weight excluding hydrogens is 276 g/mol. The molecule has 0 saturated heterocycles. The zero-order valence-corrected chi connectivity index (χ0v) is 13.9. The highest BCUT2D eigenvalue weighted by atomic mass is 16.3. The monoisotopic (exact) mass is 306 g/mol. The van der Waals surface area contributed by atoms with Gasteiger partial charge in [0.2, 0.25) is 0 Å². The van der Waals surface area contributed by atoms with Gasteiger partial charge in [-0.1, -0.05) is 20.3 Å². The normalized spacial score (nSPS) is 57.9. The summed E-state index contributed by atoms with van der Waals surface area (Å²) in [4.78, 5) is 13.0. The summed E-state index contributed by atoms with van der Waals surface area (Å²) in [6.45, 7) is 4.64. The van der Waals surface area contributed by atoms with Crippen molar-refractivity contribution in [2.75, 3.05) is 0 Å². The van der Waals surface area contributed by atoms with E-state index in [0.717, 1.165) is 44.9 Å². The quantitative estimate of drug-likeness (QED) is 0.723. The number of aliphatic hydroxyl groups is 2. The van der Waals surface area contributed by atoms with Crippen LogP contribution in [0.4, 0.5) is 0 Å². The molecule has 4 fully saturated rings. The molecule has 8 unspecified atom stereocenters. The van der Waals surface area contributed by atoms with Crippen LogP contribution >= 0.6 is 0 Å². The average molecular weight is 306 g/mol. The van der Waals surface area contributed by atoms with Crippen molar-refractivity contribution in [3.63, 3.8) is 0 Å². The first-order chi connectivity index (χ1) is 10.3. The summed E-state index contributed by atoms with van der Waals surface area (Å²) >= 11 is 0. The molecule has 0 aromatic rings. The standard InChI is InChI=1S/C19H30O3/c1-18-7-5-12-17(14(18)8-11(20)10-18)16(22)9-13-15(21)4-3-6-19(12,13)2/h11-15,17,20-21H,3-10H2,1-2H3. The first kappa shape index (κ1) is 15.1. The molecule has 0 aromatic carbocycles. The number of hydrogen-bond acceptors (Lipinski definition) is 3. The summed E-state index contributed by atoms with van der Waals surface area (Å²) in [7, 11) is 0. The minimum atomic E-state index is -0.286. The van der Waals surface area contributed by atoms with Crippen molar-refractivity contribution in [2.24, 2.45) is 34.5 Å². The van der Waals surface area contributed by atoms with Crippen LogP contribution in [-0.2, 0) is 4.79 Å². The van der Waals surface area contributed by atoms with Gasteiger partial charge in [-0.05, 0) is 67.1 Å². The van der Waals surface area contributed by atoms with Crippen molar-refractivity contribution in [3.05, 3.63) is 0 Å². The van der Waals surface area contributed by atoms with E-state index in [1.165, 1.54) is 0 Å². The number of ketones is 1. The summed E-state index contributed by atoms with van der Waals surface area (Å²) in [6.07, 6.45) is 7.12. The van der Waals surface area contributed by atoms with Gasteiger partial charge in [0.15, 0.2) is 0 Å². The highest BCUT2D eigenvalue weighted by Crippen LogP contribution is 2.65. The molecule has 124 valence electrons. The lowest BCUT2D eigenvalue weighted by Gasteiger charge is -2.59. The number of carbonyl (C=O) groups excluding carboxylic acids is 1. The minimum absolute atomic E-state index is 0.130. The van der Waals surface area contributed by atoms with Crippen LogP contribution in [0.2, 0.25) is 0 Å². The topological polar surface area (TPSA) is 57.5 Å². The Morgan fingerprint density at radius 2 is 1.82 bits per heavy atom. The Hall–Kier alpha value is -0.410. The Bertz CT molecular complexity index is 489. The number of carbonyl (C=O) groups is 1. The van der Waals surface area contributed by atoms with Crippen LogP contribution in [0.5, 0.6) is 0 Å². The second kappa shape index (κ2) is 4.80. The molecule has 0 amide bonds. The Morgan fingerprint density at radius 3 is 2.59 bits per heavy atom. The number of fused-ring (bicyclic) bond motifs is 5. The second-order valence-electron chi connectivity index (χ2n) is 9.27. The number of hydrogen-bond donors (Lipinski definition) is 2. The third kappa shape index (κ3) is 1.91. The summed E-state index contributed by atoms with van der Waals surface area (Å²) in [5.74, 6) is 1.49. The summed E-state index contributed by atoms with van der Waals surface area (Å²) in [5, 5.41) is 20.7. The van der Waals surface area contributed by atoms with E-state index in [2.05, 4.69) is 13.8 Å². The molecule has 4 aliphatic carbocycles. The second-order valence-corrected chi connectivity index (χ2v) is 9.27. The highest BCUT2D eigenvalue weighted by Gasteiger charge is 2.62. The Balaban J connectivity index is 1.71. The smallest absolute Gasteiger partial charge is 0.136 e. The highest BCUT2D eigenvalue weighted by molar-refractivity contribution is 5.83. The van der Waals surface area contributed by atoms with E-state index in [0.29, 0.717) is 24.0 Å². The SMILES string of the molecule is CC12CCC3C(C(=O)CC4C(O)CCCC43C)C1CC(O)C2. The molecule has 0 radical (unpaired) electrons. The van der Waals surface area contributed by atoms with Crippen molar-refractivity contribution in [1.82, 2.24) is 0 Å². The van der Waals surface area contributed by atoms with E-state index in [9.17, 15) is 15.0 Å². The molecule has 0 bridgehead atoms. The first-order valence-electron chi connectivity index (χ1n) is 9.24. The van der Waals surface area contributed by atoms with Crippen molar-refractivity contribution in [3.8, 4) is 0 Å². The maximum Gasteiger partial charge on any atom is 0.136 e. The summed E-state index contributed by atoms with van der Waals surface area (Å²) in [5.41, 5.74) is 0.290. The molecule has 3 nitrogen and oxygen atoms in total. The van der Waals surface area contributed by atoms with Gasteiger partial charge in [-0.25, -0.2) is 0 Å². The molecule has 4 saturated carbocycles. The fourth-order valence-electron chi connectivity index (χ4n) is 7.05. The van der Waals surface area contributed by atoms with E-state index in [1.54, 1.807) is 0 Å². The first-order valence-corrected chi connectivity index (χ1v) is 9.24. The van der Waals surface area contributed by atoms with Crippen LogP contribution in [0.3, 0.4) is 0 Å². The van der Waals surface area contributed by atoms with E-state index in [4.69, 9.17) is 0 Å². The molecule has 2 N–H and O–H groups in total. The maximum atomic E-state index is 13.0. The summed E-state index contributed by atoms with van der Waals surface area (Å²) < 4.78 is 0. The predicted molar refractivity (Wildman–Crippen MR) is 84.1 cm³/mol. The lowest BCUT2D eigenvalue weighted by Crippen LogP contribution is -2.58. The number of Topliss-reactive ketones (excluding diaryl/α,β-unsaturated/α-hetero) is 1. The van der Waals surface area contributed by atoms with Gasteiger partial charge in [0, 0.05) is 12.3 Å². The molecule has 3 heteroatoms. The van der Waals surface area contributed by atoms with E-state index in [-0.39, 0.29) is 34.9 Å². The summed E-state index contributed by atoms with van der Waals surface area (Å²) in [6, 6.07) is 0. The van der Waals surface area contributed by atoms with Crippen molar-refractivity contribution in [2.45, 2.75) is 77.4 Å². The van der Waals surface area contributed by atoms with Crippen LogP contribution in [0.15, 0.2) is 0 Å². The van der Waals surface area contributed by atoms with E-state index in [1.807, 2.05) is 0 Å². The third-order valence-electron chi connectivity index (χ3n) is 8.18. The van der Waals surface area contributed by atoms with Gasteiger partial charge >= 0.3 is 0 Å². The van der Waals surface area contributed by atoms with Gasteiger partial charge in [-0.15, -0.1) is 0 Å². The maximum absolute atomic E-state index is 13.0. The van der Waals surface area contributed by atoms with E-state index >= 15 is 0 Å². The fourth-order valence-corrected chi connectivity index (χ4v) is 7.05. The molecule has 4 aliphatic rings. The molecular formula is C19H30O3. The van der Waals surface area contributed by atoms with Crippen molar-refractivity contribution < 1.29 is 15.0 Å². The van der Waals surface area contributed by atoms with Crippen LogP contribution in [0.25, 0.3) is 0 Å². The molecule has 0 spiro atoms. The van der Waals surface area contributed by atoms with Gasteiger partial charge in [0.25, 0.3) is 0 Å². The molecule has 4 rings (SSSR count). The third-order valence-corrected chi connectivity index (χ3v) is 8.18. The number of aliphatic hydroxyl groups excluding tert-OH is 2. The minimum Gasteiger partial charge on any atom is -0.393 e. The van der Waals surface area contributed by atoms with Gasteiger partial charge in [0.1, 0.15) is 5.78 Å². The molecule has 22 heavy (non-hydrogen) atoms. The lowest BCUT2D eigenvalue weighted by atomic mass is 9.44. The predicted octanol–water partition coefficient (Wildman–Crippen LogP) is 2.93. The van der Waals surface area contributed by atoms with Crippen LogP contribution in [0.1, 0.15) is 65.2 Å². The molecule has 0 aliphatic heterocycles. The van der Waals surface area contributed by atoms with Gasteiger partial charge in [-0.3, -0.25) is 4.79 Å². The zero-order valence-electron chi connectivity index (χ0n) is 13.9. The Morgan fingerprint density at radius 1 is 1.05 bits per heavy atom. The average Bonchev–Trinajstić information content (AvgIpc) is 2.75. The van der Waals surface area contributed by atoms with Crippen LogP contribution in [-0.4, -0.2) is 28.2 Å². The van der Waals surface area contributed by atoms with Crippen molar-refractivity contribution >= 4 is 5.78 Å². The van der Waals surface area contributed by atoms with Gasteiger partial charge in [0.05, 0.1) is 12.2 Å². The molecule has 8 atom stereocenters. The van der Waals surface area contributed by atoms with E-state index < -0.39 is 0 Å². The number of rotatable bonds is 0.